The molecule has 1 N–H and O–H groups in total. The zero-order valence-corrected chi connectivity index (χ0v) is 10.3. The van der Waals surface area contributed by atoms with Crippen molar-refractivity contribution >= 4 is 15.9 Å². The SMILES string of the molecule is CC(F)c1ccc(C2CCCN2)cc1Br. The van der Waals surface area contributed by atoms with Crippen LogP contribution in [0.3, 0.4) is 0 Å². The van der Waals surface area contributed by atoms with Crippen LogP contribution in [0, 0.1) is 0 Å². The Balaban J connectivity index is 2.24. The van der Waals surface area contributed by atoms with E-state index < -0.39 is 6.17 Å². The van der Waals surface area contributed by atoms with Crippen LogP contribution in [-0.2, 0) is 0 Å². The van der Waals surface area contributed by atoms with E-state index in [2.05, 4.69) is 21.2 Å². The highest BCUT2D eigenvalue weighted by atomic mass is 79.9. The van der Waals surface area contributed by atoms with Gasteiger partial charge in [0.15, 0.2) is 0 Å². The Morgan fingerprint density at radius 2 is 2.33 bits per heavy atom. The first-order valence-corrected chi connectivity index (χ1v) is 6.14. The summed E-state index contributed by atoms with van der Waals surface area (Å²) in [6.07, 6.45) is 1.49. The summed E-state index contributed by atoms with van der Waals surface area (Å²) >= 11 is 3.43. The number of alkyl halides is 1. The molecule has 0 spiro atoms. The molecule has 0 amide bonds. The third kappa shape index (κ3) is 2.40. The van der Waals surface area contributed by atoms with Crippen molar-refractivity contribution in [2.75, 3.05) is 6.54 Å². The summed E-state index contributed by atoms with van der Waals surface area (Å²) in [7, 11) is 0. The molecule has 0 aromatic heterocycles. The summed E-state index contributed by atoms with van der Waals surface area (Å²) in [6.45, 7) is 2.65. The number of hydrogen-bond acceptors (Lipinski definition) is 1. The third-order valence-electron chi connectivity index (χ3n) is 2.92. The lowest BCUT2D eigenvalue weighted by atomic mass is 10.0. The average Bonchev–Trinajstić information content (AvgIpc) is 2.69. The monoisotopic (exact) mass is 271 g/mol. The van der Waals surface area contributed by atoms with Crippen LogP contribution >= 0.6 is 15.9 Å². The molecular weight excluding hydrogens is 257 g/mol. The Morgan fingerprint density at radius 1 is 1.53 bits per heavy atom. The quantitative estimate of drug-likeness (QED) is 0.860. The van der Waals surface area contributed by atoms with Crippen LogP contribution in [0.4, 0.5) is 4.39 Å². The molecule has 0 aliphatic carbocycles. The molecule has 1 fully saturated rings. The lowest BCUT2D eigenvalue weighted by Gasteiger charge is -2.13. The molecule has 3 heteroatoms. The maximum Gasteiger partial charge on any atom is 0.123 e. The molecule has 1 heterocycles. The van der Waals surface area contributed by atoms with E-state index in [1.54, 1.807) is 6.92 Å². The van der Waals surface area contributed by atoms with E-state index in [1.165, 1.54) is 18.4 Å². The molecule has 1 aliphatic rings. The van der Waals surface area contributed by atoms with Gasteiger partial charge in [0.1, 0.15) is 6.17 Å². The minimum Gasteiger partial charge on any atom is -0.310 e. The number of halogens is 2. The highest BCUT2D eigenvalue weighted by molar-refractivity contribution is 9.10. The third-order valence-corrected chi connectivity index (χ3v) is 3.60. The number of hydrogen-bond donors (Lipinski definition) is 1. The molecule has 0 saturated carbocycles. The predicted molar refractivity (Wildman–Crippen MR) is 63.6 cm³/mol. The number of rotatable bonds is 2. The van der Waals surface area contributed by atoms with Crippen LogP contribution in [0.1, 0.15) is 43.1 Å². The minimum absolute atomic E-state index is 0.449. The molecule has 2 rings (SSSR count). The van der Waals surface area contributed by atoms with Crippen molar-refractivity contribution in [1.82, 2.24) is 5.32 Å². The topological polar surface area (TPSA) is 12.0 Å². The molecule has 82 valence electrons. The first-order chi connectivity index (χ1) is 7.18. The standard InChI is InChI=1S/C12H15BrFN/c1-8(14)10-5-4-9(7-11(10)13)12-3-2-6-15-12/h4-5,7-8,12,15H,2-3,6H2,1H3. The second-order valence-corrected chi connectivity index (χ2v) is 4.90. The van der Waals surface area contributed by atoms with E-state index in [4.69, 9.17) is 0 Å². The lowest BCUT2D eigenvalue weighted by Crippen LogP contribution is -2.12. The zero-order chi connectivity index (χ0) is 10.8. The minimum atomic E-state index is -0.912. The van der Waals surface area contributed by atoms with Crippen molar-refractivity contribution in [2.24, 2.45) is 0 Å². The summed E-state index contributed by atoms with van der Waals surface area (Å²) in [6, 6.07) is 6.39. The molecular formula is C12H15BrFN. The van der Waals surface area contributed by atoms with Crippen LogP contribution in [0.2, 0.25) is 0 Å². The van der Waals surface area contributed by atoms with Gasteiger partial charge in [-0.2, -0.15) is 0 Å². The van der Waals surface area contributed by atoms with Crippen LogP contribution in [-0.4, -0.2) is 6.54 Å². The molecule has 1 aromatic carbocycles. The maximum absolute atomic E-state index is 13.2. The summed E-state index contributed by atoms with van der Waals surface area (Å²) < 4.78 is 14.0. The first-order valence-electron chi connectivity index (χ1n) is 5.35. The molecule has 1 saturated heterocycles. The maximum atomic E-state index is 13.2. The molecule has 2 unspecified atom stereocenters. The van der Waals surface area contributed by atoms with E-state index in [0.717, 1.165) is 16.6 Å². The van der Waals surface area contributed by atoms with E-state index >= 15 is 0 Å². The molecule has 0 bridgehead atoms. The zero-order valence-electron chi connectivity index (χ0n) is 8.76. The molecule has 1 aromatic rings. The van der Waals surface area contributed by atoms with Gasteiger partial charge in [0.05, 0.1) is 0 Å². The molecule has 15 heavy (non-hydrogen) atoms. The smallest absolute Gasteiger partial charge is 0.123 e. The van der Waals surface area contributed by atoms with Crippen molar-refractivity contribution < 1.29 is 4.39 Å². The highest BCUT2D eigenvalue weighted by Crippen LogP contribution is 2.31. The van der Waals surface area contributed by atoms with Crippen LogP contribution in [0.5, 0.6) is 0 Å². The van der Waals surface area contributed by atoms with Gasteiger partial charge in [0.25, 0.3) is 0 Å². The fourth-order valence-electron chi connectivity index (χ4n) is 2.05. The molecule has 2 atom stereocenters. The van der Waals surface area contributed by atoms with Gasteiger partial charge in [0, 0.05) is 10.5 Å². The van der Waals surface area contributed by atoms with E-state index in [9.17, 15) is 4.39 Å². The summed E-state index contributed by atoms with van der Waals surface area (Å²) in [5.41, 5.74) is 1.99. The Morgan fingerprint density at radius 3 is 2.87 bits per heavy atom. The van der Waals surface area contributed by atoms with Gasteiger partial charge in [-0.1, -0.05) is 28.1 Å². The summed E-state index contributed by atoms with van der Waals surface area (Å²) in [4.78, 5) is 0. The van der Waals surface area contributed by atoms with Crippen LogP contribution in [0.15, 0.2) is 22.7 Å². The Bertz CT molecular complexity index is 345. The van der Waals surface area contributed by atoms with Crippen LogP contribution in [0.25, 0.3) is 0 Å². The van der Waals surface area contributed by atoms with Crippen molar-refractivity contribution in [1.29, 1.82) is 0 Å². The van der Waals surface area contributed by atoms with Gasteiger partial charge in [-0.15, -0.1) is 0 Å². The Labute approximate surface area is 98.2 Å². The highest BCUT2D eigenvalue weighted by Gasteiger charge is 2.17. The van der Waals surface area contributed by atoms with Gasteiger partial charge in [0.2, 0.25) is 0 Å². The Hall–Kier alpha value is -0.410. The molecule has 0 radical (unpaired) electrons. The van der Waals surface area contributed by atoms with E-state index in [0.29, 0.717) is 6.04 Å². The average molecular weight is 272 g/mol. The van der Waals surface area contributed by atoms with Gasteiger partial charge >= 0.3 is 0 Å². The van der Waals surface area contributed by atoms with E-state index in [-0.39, 0.29) is 0 Å². The van der Waals surface area contributed by atoms with Crippen molar-refractivity contribution in [3.63, 3.8) is 0 Å². The normalized spacial score (nSPS) is 23.0. The van der Waals surface area contributed by atoms with Gasteiger partial charge in [-0.05, 0) is 43.5 Å². The largest absolute Gasteiger partial charge is 0.310 e. The van der Waals surface area contributed by atoms with Crippen molar-refractivity contribution in [3.8, 4) is 0 Å². The lowest BCUT2D eigenvalue weighted by molar-refractivity contribution is 0.373. The van der Waals surface area contributed by atoms with Crippen molar-refractivity contribution in [2.45, 2.75) is 32.0 Å². The van der Waals surface area contributed by atoms with Gasteiger partial charge < -0.3 is 5.32 Å². The molecule has 1 nitrogen and oxygen atoms in total. The van der Waals surface area contributed by atoms with Crippen LogP contribution < -0.4 is 5.32 Å². The molecule has 1 aliphatic heterocycles. The second kappa shape index (κ2) is 4.62. The van der Waals surface area contributed by atoms with E-state index in [1.807, 2.05) is 18.2 Å². The first kappa shape index (κ1) is 11.1. The van der Waals surface area contributed by atoms with Gasteiger partial charge in [-0.3, -0.25) is 0 Å². The Kier molecular flexibility index (Phi) is 3.42. The van der Waals surface area contributed by atoms with Crippen molar-refractivity contribution in [3.05, 3.63) is 33.8 Å². The van der Waals surface area contributed by atoms with Gasteiger partial charge in [-0.25, -0.2) is 4.39 Å². The fraction of sp³-hybridized carbons (Fsp3) is 0.500. The number of nitrogens with one attached hydrogen (secondary N) is 1. The number of benzene rings is 1. The second-order valence-electron chi connectivity index (χ2n) is 4.05. The fourth-order valence-corrected chi connectivity index (χ4v) is 2.76. The predicted octanol–water partition coefficient (Wildman–Crippen LogP) is 3.90. The summed E-state index contributed by atoms with van der Waals surface area (Å²) in [5.74, 6) is 0. The summed E-state index contributed by atoms with van der Waals surface area (Å²) in [5, 5.41) is 3.43.